The maximum absolute atomic E-state index is 12.1. The largest absolute Gasteiger partial charge is 0.373 e. The molecular weight excluding hydrogens is 374 g/mol. The van der Waals surface area contributed by atoms with Crippen LogP contribution in [0, 0.1) is 0 Å². The Labute approximate surface area is 127 Å². The molecule has 2 N–H and O–H groups in total. The Morgan fingerprint density at radius 1 is 1.21 bits per heavy atom. The fourth-order valence-electron chi connectivity index (χ4n) is 1.48. The van der Waals surface area contributed by atoms with E-state index in [1.807, 2.05) is 18.2 Å². The molecule has 0 aliphatic rings. The highest BCUT2D eigenvalue weighted by atomic mass is 79.9. The first-order valence-corrected chi connectivity index (χ1v) is 7.10. The SMILES string of the molecule is CNc1cccc(C(=O)Nc2ccc(Br)cc2Br)n1. The zero-order valence-electron chi connectivity index (χ0n) is 10.1. The second kappa shape index (κ2) is 6.16. The van der Waals surface area contributed by atoms with Crippen molar-refractivity contribution in [3.63, 3.8) is 0 Å². The minimum atomic E-state index is -0.250. The lowest BCUT2D eigenvalue weighted by atomic mass is 10.3. The molecule has 1 aromatic heterocycles. The molecule has 0 atom stereocenters. The van der Waals surface area contributed by atoms with Gasteiger partial charge in [-0.25, -0.2) is 4.98 Å². The van der Waals surface area contributed by atoms with Gasteiger partial charge in [0.2, 0.25) is 0 Å². The predicted octanol–water partition coefficient (Wildman–Crippen LogP) is 3.90. The summed E-state index contributed by atoms with van der Waals surface area (Å²) in [5.74, 6) is 0.405. The number of pyridine rings is 1. The molecule has 0 aliphatic heterocycles. The lowest BCUT2D eigenvalue weighted by Crippen LogP contribution is -2.14. The van der Waals surface area contributed by atoms with E-state index in [0.29, 0.717) is 17.2 Å². The first-order valence-electron chi connectivity index (χ1n) is 5.51. The van der Waals surface area contributed by atoms with Crippen LogP contribution in [-0.2, 0) is 0 Å². The summed E-state index contributed by atoms with van der Waals surface area (Å²) in [4.78, 5) is 16.3. The van der Waals surface area contributed by atoms with E-state index < -0.39 is 0 Å². The van der Waals surface area contributed by atoms with Gasteiger partial charge in [-0.05, 0) is 46.3 Å². The van der Waals surface area contributed by atoms with Crippen LogP contribution in [0.15, 0.2) is 45.3 Å². The summed E-state index contributed by atoms with van der Waals surface area (Å²) in [6.07, 6.45) is 0. The molecule has 0 fully saturated rings. The molecule has 1 aromatic carbocycles. The fraction of sp³-hybridized carbons (Fsp3) is 0.0769. The van der Waals surface area contributed by atoms with Crippen LogP contribution in [0.4, 0.5) is 11.5 Å². The van der Waals surface area contributed by atoms with Gasteiger partial charge in [0.05, 0.1) is 5.69 Å². The molecule has 0 aliphatic carbocycles. The number of hydrogen-bond acceptors (Lipinski definition) is 3. The van der Waals surface area contributed by atoms with Crippen LogP contribution in [0.5, 0.6) is 0 Å². The molecule has 2 aromatic rings. The number of carbonyl (C=O) groups is 1. The maximum Gasteiger partial charge on any atom is 0.274 e. The van der Waals surface area contributed by atoms with Crippen molar-refractivity contribution in [1.29, 1.82) is 0 Å². The molecule has 19 heavy (non-hydrogen) atoms. The van der Waals surface area contributed by atoms with Gasteiger partial charge < -0.3 is 10.6 Å². The molecule has 0 spiro atoms. The summed E-state index contributed by atoms with van der Waals surface area (Å²) < 4.78 is 1.74. The summed E-state index contributed by atoms with van der Waals surface area (Å²) in [6, 6.07) is 10.8. The maximum atomic E-state index is 12.1. The van der Waals surface area contributed by atoms with Crippen LogP contribution >= 0.6 is 31.9 Å². The van der Waals surface area contributed by atoms with E-state index in [-0.39, 0.29) is 5.91 Å². The number of anilines is 2. The highest BCUT2D eigenvalue weighted by Crippen LogP contribution is 2.26. The highest BCUT2D eigenvalue weighted by Gasteiger charge is 2.10. The number of aromatic nitrogens is 1. The Kier molecular flexibility index (Phi) is 4.55. The van der Waals surface area contributed by atoms with Crippen molar-refractivity contribution in [3.8, 4) is 0 Å². The second-order valence-electron chi connectivity index (χ2n) is 3.74. The van der Waals surface area contributed by atoms with Crippen LogP contribution < -0.4 is 10.6 Å². The summed E-state index contributed by atoms with van der Waals surface area (Å²) in [7, 11) is 1.76. The Morgan fingerprint density at radius 3 is 2.68 bits per heavy atom. The van der Waals surface area contributed by atoms with Crippen LogP contribution in [0.3, 0.4) is 0 Å². The average Bonchev–Trinajstić information content (AvgIpc) is 2.42. The van der Waals surface area contributed by atoms with E-state index in [1.165, 1.54) is 0 Å². The number of rotatable bonds is 3. The first kappa shape index (κ1) is 14.0. The molecule has 0 bridgehead atoms. The molecule has 1 amide bonds. The van der Waals surface area contributed by atoms with Gasteiger partial charge in [0.1, 0.15) is 11.5 Å². The zero-order chi connectivity index (χ0) is 13.8. The standard InChI is InChI=1S/C13H11Br2N3O/c1-16-12-4-2-3-11(17-12)13(19)18-10-6-5-8(14)7-9(10)15/h2-7H,1H3,(H,16,17)(H,18,19). The lowest BCUT2D eigenvalue weighted by molar-refractivity contribution is 0.102. The van der Waals surface area contributed by atoms with Crippen LogP contribution in [0.1, 0.15) is 10.5 Å². The van der Waals surface area contributed by atoms with E-state index >= 15 is 0 Å². The highest BCUT2D eigenvalue weighted by molar-refractivity contribution is 9.11. The number of halogens is 2. The smallest absolute Gasteiger partial charge is 0.274 e. The third-order valence-corrected chi connectivity index (χ3v) is 3.57. The van der Waals surface area contributed by atoms with E-state index in [0.717, 1.165) is 8.95 Å². The van der Waals surface area contributed by atoms with Crippen molar-refractivity contribution < 1.29 is 4.79 Å². The molecule has 6 heteroatoms. The molecule has 0 saturated carbocycles. The van der Waals surface area contributed by atoms with Gasteiger partial charge in [0, 0.05) is 16.0 Å². The van der Waals surface area contributed by atoms with Crippen LogP contribution in [0.2, 0.25) is 0 Å². The predicted molar refractivity (Wildman–Crippen MR) is 83.6 cm³/mol. The summed E-state index contributed by atoms with van der Waals surface area (Å²) in [5.41, 5.74) is 1.06. The van der Waals surface area contributed by atoms with Crippen molar-refractivity contribution in [2.24, 2.45) is 0 Å². The number of nitrogens with zero attached hydrogens (tertiary/aromatic N) is 1. The Hall–Kier alpha value is -1.40. The minimum absolute atomic E-state index is 0.250. The molecule has 0 radical (unpaired) electrons. The number of carbonyl (C=O) groups excluding carboxylic acids is 1. The Balaban J connectivity index is 2.20. The quantitative estimate of drug-likeness (QED) is 0.843. The number of amides is 1. The number of nitrogens with one attached hydrogen (secondary N) is 2. The zero-order valence-corrected chi connectivity index (χ0v) is 13.2. The van der Waals surface area contributed by atoms with Crippen molar-refractivity contribution in [1.82, 2.24) is 4.98 Å². The van der Waals surface area contributed by atoms with Crippen LogP contribution in [-0.4, -0.2) is 17.9 Å². The molecule has 2 rings (SSSR count). The number of hydrogen-bond donors (Lipinski definition) is 2. The normalized spacial score (nSPS) is 10.1. The van der Waals surface area contributed by atoms with Crippen molar-refractivity contribution in [2.45, 2.75) is 0 Å². The third kappa shape index (κ3) is 3.54. The molecule has 4 nitrogen and oxygen atoms in total. The minimum Gasteiger partial charge on any atom is -0.373 e. The van der Waals surface area contributed by atoms with E-state index in [2.05, 4.69) is 47.5 Å². The Bertz CT molecular complexity index is 617. The van der Waals surface area contributed by atoms with E-state index in [1.54, 1.807) is 25.2 Å². The summed E-state index contributed by atoms with van der Waals surface area (Å²) in [6.45, 7) is 0. The average molecular weight is 385 g/mol. The monoisotopic (exact) mass is 383 g/mol. The first-order chi connectivity index (χ1) is 9.10. The molecule has 0 unspecified atom stereocenters. The van der Waals surface area contributed by atoms with Gasteiger partial charge in [-0.2, -0.15) is 0 Å². The van der Waals surface area contributed by atoms with Gasteiger partial charge >= 0.3 is 0 Å². The van der Waals surface area contributed by atoms with Crippen molar-refractivity contribution >= 4 is 49.3 Å². The van der Waals surface area contributed by atoms with Gasteiger partial charge in [-0.15, -0.1) is 0 Å². The van der Waals surface area contributed by atoms with Gasteiger partial charge in [-0.1, -0.05) is 22.0 Å². The van der Waals surface area contributed by atoms with Gasteiger partial charge in [0.15, 0.2) is 0 Å². The fourth-order valence-corrected chi connectivity index (χ4v) is 2.62. The molecule has 1 heterocycles. The van der Waals surface area contributed by atoms with E-state index in [9.17, 15) is 4.79 Å². The van der Waals surface area contributed by atoms with Crippen molar-refractivity contribution in [2.75, 3.05) is 17.7 Å². The van der Waals surface area contributed by atoms with E-state index in [4.69, 9.17) is 0 Å². The molecular formula is C13H11Br2N3O. The van der Waals surface area contributed by atoms with Crippen molar-refractivity contribution in [3.05, 3.63) is 51.0 Å². The lowest BCUT2D eigenvalue weighted by Gasteiger charge is -2.08. The number of benzene rings is 1. The molecule has 98 valence electrons. The topological polar surface area (TPSA) is 54.0 Å². The second-order valence-corrected chi connectivity index (χ2v) is 5.51. The van der Waals surface area contributed by atoms with Gasteiger partial charge in [0.25, 0.3) is 5.91 Å². The van der Waals surface area contributed by atoms with Gasteiger partial charge in [-0.3, -0.25) is 4.79 Å². The van der Waals surface area contributed by atoms with Crippen LogP contribution in [0.25, 0.3) is 0 Å². The summed E-state index contributed by atoms with van der Waals surface area (Å²) >= 11 is 6.76. The Morgan fingerprint density at radius 2 is 2.00 bits per heavy atom. The summed E-state index contributed by atoms with van der Waals surface area (Å²) in [5, 5.41) is 5.71. The third-order valence-electron chi connectivity index (χ3n) is 2.42. The molecule has 0 saturated heterocycles.